The normalized spacial score (nSPS) is 11.5. The third-order valence-corrected chi connectivity index (χ3v) is 3.31. The average Bonchev–Trinajstić information content (AvgIpc) is 2.60. The number of halogens is 4. The molecular formula is C17H15F4N7. The van der Waals surface area contributed by atoms with Crippen LogP contribution in [0.15, 0.2) is 36.7 Å². The van der Waals surface area contributed by atoms with Crippen LogP contribution >= 0.6 is 0 Å². The first-order valence-electron chi connectivity index (χ1n) is 8.15. The maximum Gasteiger partial charge on any atom is 0.433 e. The van der Waals surface area contributed by atoms with Crippen molar-refractivity contribution in [3.05, 3.63) is 48.3 Å². The zero-order valence-corrected chi connectivity index (χ0v) is 14.8. The number of pyridine rings is 1. The van der Waals surface area contributed by atoms with Crippen molar-refractivity contribution in [3.63, 3.8) is 0 Å². The summed E-state index contributed by atoms with van der Waals surface area (Å²) in [5, 5.41) is 5.91. The Morgan fingerprint density at radius 1 is 0.893 bits per heavy atom. The molecule has 0 saturated carbocycles. The predicted octanol–water partition coefficient (Wildman–Crippen LogP) is 4.05. The zero-order chi connectivity index (χ0) is 20.3. The number of aromatic nitrogens is 5. The third kappa shape index (κ3) is 4.87. The summed E-state index contributed by atoms with van der Waals surface area (Å²) in [5.41, 5.74) is -0.744. The van der Waals surface area contributed by atoms with Crippen molar-refractivity contribution < 1.29 is 17.6 Å². The lowest BCUT2D eigenvalue weighted by Gasteiger charge is -2.13. The van der Waals surface area contributed by atoms with E-state index in [2.05, 4.69) is 35.6 Å². The van der Waals surface area contributed by atoms with Crippen LogP contribution in [0.2, 0.25) is 0 Å². The van der Waals surface area contributed by atoms with Gasteiger partial charge in [0.1, 0.15) is 17.3 Å². The minimum Gasteiger partial charge on any atom is -0.368 e. The van der Waals surface area contributed by atoms with Crippen LogP contribution in [-0.4, -0.2) is 31.0 Å². The van der Waals surface area contributed by atoms with Gasteiger partial charge in [0.05, 0.1) is 0 Å². The standard InChI is InChI=1S/C17H15F4N7/c1-9(2)24-13-8-14(25-10-3-5-22-12(18)7-10)28-16(27-13)15-23-6-4-11(26-15)17(19,20)21/h3-9H,1-2H3,(H2,22,24,25,27,28). The first-order chi connectivity index (χ1) is 13.2. The lowest BCUT2D eigenvalue weighted by atomic mass is 10.3. The van der Waals surface area contributed by atoms with Gasteiger partial charge in [0.15, 0.2) is 5.82 Å². The van der Waals surface area contributed by atoms with Gasteiger partial charge in [0, 0.05) is 36.3 Å². The summed E-state index contributed by atoms with van der Waals surface area (Å²) in [4.78, 5) is 19.2. The van der Waals surface area contributed by atoms with Gasteiger partial charge in [-0.05, 0) is 26.0 Å². The summed E-state index contributed by atoms with van der Waals surface area (Å²) in [5.74, 6) is -0.529. The molecule has 0 aliphatic rings. The molecule has 146 valence electrons. The van der Waals surface area contributed by atoms with Gasteiger partial charge in [0.25, 0.3) is 0 Å². The monoisotopic (exact) mass is 393 g/mol. The molecule has 0 aliphatic heterocycles. The highest BCUT2D eigenvalue weighted by Crippen LogP contribution is 2.28. The van der Waals surface area contributed by atoms with Crippen molar-refractivity contribution in [2.24, 2.45) is 0 Å². The molecule has 0 bridgehead atoms. The molecular weight excluding hydrogens is 378 g/mol. The molecule has 3 rings (SSSR count). The Bertz CT molecular complexity index is 976. The van der Waals surface area contributed by atoms with E-state index >= 15 is 0 Å². The highest BCUT2D eigenvalue weighted by Gasteiger charge is 2.33. The van der Waals surface area contributed by atoms with Crippen molar-refractivity contribution in [3.8, 4) is 11.6 Å². The molecule has 0 amide bonds. The average molecular weight is 393 g/mol. The zero-order valence-electron chi connectivity index (χ0n) is 14.8. The molecule has 0 fully saturated rings. The minimum atomic E-state index is -4.62. The number of alkyl halides is 3. The molecule has 3 aromatic rings. The molecule has 0 saturated heterocycles. The molecule has 0 spiro atoms. The van der Waals surface area contributed by atoms with Crippen molar-refractivity contribution in [1.29, 1.82) is 0 Å². The molecule has 28 heavy (non-hydrogen) atoms. The van der Waals surface area contributed by atoms with Gasteiger partial charge in [-0.25, -0.2) is 24.9 Å². The lowest BCUT2D eigenvalue weighted by molar-refractivity contribution is -0.141. The van der Waals surface area contributed by atoms with E-state index < -0.39 is 17.8 Å². The van der Waals surface area contributed by atoms with Gasteiger partial charge in [0.2, 0.25) is 11.8 Å². The topological polar surface area (TPSA) is 88.5 Å². The summed E-state index contributed by atoms with van der Waals surface area (Å²) < 4.78 is 52.1. The molecule has 0 aliphatic carbocycles. The molecule has 7 nitrogen and oxygen atoms in total. The molecule has 3 heterocycles. The molecule has 0 unspecified atom stereocenters. The molecule has 0 atom stereocenters. The number of hydrogen-bond donors (Lipinski definition) is 2. The Morgan fingerprint density at radius 2 is 1.61 bits per heavy atom. The fraction of sp³-hybridized carbons (Fsp3) is 0.235. The van der Waals surface area contributed by atoms with Crippen LogP contribution in [0.5, 0.6) is 0 Å². The van der Waals surface area contributed by atoms with Gasteiger partial charge in [-0.3, -0.25) is 0 Å². The van der Waals surface area contributed by atoms with E-state index in [1.165, 1.54) is 18.3 Å². The maximum absolute atomic E-state index is 13.3. The first kappa shape index (κ1) is 19.4. The summed E-state index contributed by atoms with van der Waals surface area (Å²) >= 11 is 0. The van der Waals surface area contributed by atoms with Crippen molar-refractivity contribution >= 4 is 17.3 Å². The van der Waals surface area contributed by atoms with Crippen molar-refractivity contribution in [2.45, 2.75) is 26.1 Å². The number of nitrogens with one attached hydrogen (secondary N) is 2. The first-order valence-corrected chi connectivity index (χ1v) is 8.15. The SMILES string of the molecule is CC(C)Nc1cc(Nc2ccnc(F)c2)nc(-c2nccc(C(F)(F)F)n2)n1. The molecule has 0 aromatic carbocycles. The number of anilines is 3. The minimum absolute atomic E-state index is 0.00334. The van der Waals surface area contributed by atoms with Gasteiger partial charge < -0.3 is 10.6 Å². The van der Waals surface area contributed by atoms with Gasteiger partial charge in [-0.1, -0.05) is 0 Å². The lowest BCUT2D eigenvalue weighted by Crippen LogP contribution is -2.13. The summed E-state index contributed by atoms with van der Waals surface area (Å²) in [7, 11) is 0. The van der Waals surface area contributed by atoms with Crippen LogP contribution < -0.4 is 10.6 Å². The second kappa shape index (κ2) is 7.71. The fourth-order valence-corrected chi connectivity index (χ4v) is 2.23. The van der Waals surface area contributed by atoms with Crippen LogP contribution in [0.1, 0.15) is 19.5 Å². The molecule has 11 heteroatoms. The van der Waals surface area contributed by atoms with Crippen molar-refractivity contribution in [1.82, 2.24) is 24.9 Å². The number of nitrogens with zero attached hydrogens (tertiary/aromatic N) is 5. The number of hydrogen-bond acceptors (Lipinski definition) is 7. The Labute approximate surface area is 157 Å². The Balaban J connectivity index is 2.03. The highest BCUT2D eigenvalue weighted by atomic mass is 19.4. The molecule has 2 N–H and O–H groups in total. The van der Waals surface area contributed by atoms with E-state index in [1.54, 1.807) is 0 Å². The van der Waals surface area contributed by atoms with E-state index in [9.17, 15) is 17.6 Å². The summed E-state index contributed by atoms with van der Waals surface area (Å²) in [6.07, 6.45) is -2.37. The van der Waals surface area contributed by atoms with E-state index in [4.69, 9.17) is 0 Å². The quantitative estimate of drug-likeness (QED) is 0.499. The largest absolute Gasteiger partial charge is 0.433 e. The maximum atomic E-state index is 13.3. The van der Waals surface area contributed by atoms with Crippen LogP contribution in [-0.2, 0) is 6.18 Å². The Kier molecular flexibility index (Phi) is 5.34. The van der Waals surface area contributed by atoms with Crippen LogP contribution in [0.4, 0.5) is 34.9 Å². The van der Waals surface area contributed by atoms with Crippen LogP contribution in [0, 0.1) is 5.95 Å². The second-order valence-corrected chi connectivity index (χ2v) is 6.02. The van der Waals surface area contributed by atoms with Gasteiger partial charge in [-0.15, -0.1) is 0 Å². The van der Waals surface area contributed by atoms with E-state index in [-0.39, 0.29) is 23.5 Å². The van der Waals surface area contributed by atoms with Crippen LogP contribution in [0.25, 0.3) is 11.6 Å². The van der Waals surface area contributed by atoms with E-state index in [1.807, 2.05) is 13.8 Å². The van der Waals surface area contributed by atoms with Crippen molar-refractivity contribution in [2.75, 3.05) is 10.6 Å². The Hall–Kier alpha value is -3.37. The molecule has 3 aromatic heterocycles. The van der Waals surface area contributed by atoms with E-state index in [0.29, 0.717) is 11.5 Å². The predicted molar refractivity (Wildman–Crippen MR) is 94.3 cm³/mol. The molecule has 0 radical (unpaired) electrons. The third-order valence-electron chi connectivity index (χ3n) is 3.31. The number of rotatable bonds is 5. The summed E-state index contributed by atoms with van der Waals surface area (Å²) in [6, 6.07) is 4.96. The smallest absolute Gasteiger partial charge is 0.368 e. The highest BCUT2D eigenvalue weighted by molar-refractivity contribution is 5.62. The Morgan fingerprint density at radius 3 is 2.29 bits per heavy atom. The van der Waals surface area contributed by atoms with Gasteiger partial charge >= 0.3 is 6.18 Å². The second-order valence-electron chi connectivity index (χ2n) is 6.02. The van der Waals surface area contributed by atoms with E-state index in [0.717, 1.165) is 18.3 Å². The summed E-state index contributed by atoms with van der Waals surface area (Å²) in [6.45, 7) is 3.74. The fourth-order valence-electron chi connectivity index (χ4n) is 2.23. The van der Waals surface area contributed by atoms with Crippen LogP contribution in [0.3, 0.4) is 0 Å². The van der Waals surface area contributed by atoms with Gasteiger partial charge in [-0.2, -0.15) is 17.6 Å².